The summed E-state index contributed by atoms with van der Waals surface area (Å²) in [6.07, 6.45) is 1.89. The molecule has 0 saturated carbocycles. The highest BCUT2D eigenvalue weighted by Gasteiger charge is 2.12. The maximum Gasteiger partial charge on any atom is 0.227 e. The molecule has 2 N–H and O–H groups in total. The van der Waals surface area contributed by atoms with Crippen molar-refractivity contribution in [3.05, 3.63) is 47.3 Å². The fourth-order valence-electron chi connectivity index (χ4n) is 1.97. The standard InChI is InChI=1S/C13H14N4.ClH/c1-9-3-2-4-11(5-9)16-13-15-7-10-6-14-8-12(10)17-13;/h2-5,7,14H,6,8H2,1H3,(H,15,16,17);1H. The Morgan fingerprint density at radius 2 is 2.17 bits per heavy atom. The minimum absolute atomic E-state index is 0. The second-order valence-corrected chi connectivity index (χ2v) is 4.26. The molecule has 0 radical (unpaired) electrons. The van der Waals surface area contributed by atoms with E-state index in [1.165, 1.54) is 11.1 Å². The van der Waals surface area contributed by atoms with Gasteiger partial charge in [0, 0.05) is 30.5 Å². The molecule has 0 saturated heterocycles. The SMILES string of the molecule is Cc1cccc(Nc2ncc3c(n2)CNC3)c1.Cl. The molecule has 0 amide bonds. The molecule has 4 nitrogen and oxygen atoms in total. The Balaban J connectivity index is 0.00000120. The zero-order valence-corrected chi connectivity index (χ0v) is 10.9. The second-order valence-electron chi connectivity index (χ2n) is 4.26. The Kier molecular flexibility index (Phi) is 3.79. The van der Waals surface area contributed by atoms with E-state index < -0.39 is 0 Å². The Hall–Kier alpha value is -1.65. The summed E-state index contributed by atoms with van der Waals surface area (Å²) >= 11 is 0. The smallest absolute Gasteiger partial charge is 0.227 e. The van der Waals surface area contributed by atoms with Gasteiger partial charge < -0.3 is 10.6 Å². The summed E-state index contributed by atoms with van der Waals surface area (Å²) in [7, 11) is 0. The first-order valence-corrected chi connectivity index (χ1v) is 5.70. The van der Waals surface area contributed by atoms with Crippen molar-refractivity contribution in [3.8, 4) is 0 Å². The van der Waals surface area contributed by atoms with Crippen molar-refractivity contribution < 1.29 is 0 Å². The van der Waals surface area contributed by atoms with E-state index in [-0.39, 0.29) is 12.4 Å². The topological polar surface area (TPSA) is 49.8 Å². The van der Waals surface area contributed by atoms with E-state index in [2.05, 4.69) is 39.7 Å². The van der Waals surface area contributed by atoms with Gasteiger partial charge in [-0.2, -0.15) is 0 Å². The fourth-order valence-corrected chi connectivity index (χ4v) is 1.97. The van der Waals surface area contributed by atoms with E-state index in [0.717, 1.165) is 24.5 Å². The van der Waals surface area contributed by atoms with E-state index in [9.17, 15) is 0 Å². The molecule has 0 atom stereocenters. The van der Waals surface area contributed by atoms with E-state index in [0.29, 0.717) is 5.95 Å². The molecule has 94 valence electrons. The van der Waals surface area contributed by atoms with Gasteiger partial charge in [0.25, 0.3) is 0 Å². The van der Waals surface area contributed by atoms with Gasteiger partial charge in [0.15, 0.2) is 0 Å². The van der Waals surface area contributed by atoms with Crippen molar-refractivity contribution in [2.24, 2.45) is 0 Å². The lowest BCUT2D eigenvalue weighted by Crippen LogP contribution is -2.01. The Bertz CT molecular complexity index is 556. The Labute approximate surface area is 112 Å². The van der Waals surface area contributed by atoms with Crippen LogP contribution < -0.4 is 10.6 Å². The largest absolute Gasteiger partial charge is 0.324 e. The third-order valence-corrected chi connectivity index (χ3v) is 2.84. The summed E-state index contributed by atoms with van der Waals surface area (Å²) in [6, 6.07) is 8.18. The number of aryl methyl sites for hydroxylation is 1. The third-order valence-electron chi connectivity index (χ3n) is 2.84. The highest BCUT2D eigenvalue weighted by atomic mass is 35.5. The summed E-state index contributed by atoms with van der Waals surface area (Å²) in [5.41, 5.74) is 4.53. The van der Waals surface area contributed by atoms with Crippen LogP contribution in [0.15, 0.2) is 30.5 Å². The minimum Gasteiger partial charge on any atom is -0.324 e. The quantitative estimate of drug-likeness (QED) is 0.873. The number of nitrogens with zero attached hydrogens (tertiary/aromatic N) is 2. The minimum atomic E-state index is 0. The van der Waals surface area contributed by atoms with E-state index in [1.54, 1.807) is 0 Å². The first-order chi connectivity index (χ1) is 8.31. The van der Waals surface area contributed by atoms with Crippen molar-refractivity contribution in [1.29, 1.82) is 0 Å². The van der Waals surface area contributed by atoms with Gasteiger partial charge in [0.05, 0.1) is 5.69 Å². The third kappa shape index (κ3) is 2.60. The maximum absolute atomic E-state index is 4.49. The molecule has 3 rings (SSSR count). The fraction of sp³-hybridized carbons (Fsp3) is 0.231. The van der Waals surface area contributed by atoms with Crippen LogP contribution in [0.25, 0.3) is 0 Å². The molecule has 5 heteroatoms. The molecule has 2 heterocycles. The van der Waals surface area contributed by atoms with E-state index in [4.69, 9.17) is 0 Å². The molecule has 1 aliphatic rings. The van der Waals surface area contributed by atoms with Crippen molar-refractivity contribution >= 4 is 24.0 Å². The van der Waals surface area contributed by atoms with Crippen LogP contribution >= 0.6 is 12.4 Å². The number of hydrogen-bond acceptors (Lipinski definition) is 4. The van der Waals surface area contributed by atoms with Gasteiger partial charge in [-0.05, 0) is 24.6 Å². The van der Waals surface area contributed by atoms with Gasteiger partial charge in [-0.15, -0.1) is 12.4 Å². The van der Waals surface area contributed by atoms with Crippen molar-refractivity contribution in [2.45, 2.75) is 20.0 Å². The van der Waals surface area contributed by atoms with Crippen molar-refractivity contribution in [1.82, 2.24) is 15.3 Å². The number of nitrogens with one attached hydrogen (secondary N) is 2. The van der Waals surface area contributed by atoms with Crippen LogP contribution in [0.3, 0.4) is 0 Å². The number of anilines is 2. The summed E-state index contributed by atoms with van der Waals surface area (Å²) in [5.74, 6) is 0.665. The lowest BCUT2D eigenvalue weighted by atomic mass is 10.2. The average molecular weight is 263 g/mol. The summed E-state index contributed by atoms with van der Waals surface area (Å²) in [4.78, 5) is 8.81. The first-order valence-electron chi connectivity index (χ1n) is 5.70. The summed E-state index contributed by atoms with van der Waals surface area (Å²) < 4.78 is 0. The molecule has 18 heavy (non-hydrogen) atoms. The number of fused-ring (bicyclic) bond motifs is 1. The van der Waals surface area contributed by atoms with Crippen molar-refractivity contribution in [3.63, 3.8) is 0 Å². The van der Waals surface area contributed by atoms with Gasteiger partial charge >= 0.3 is 0 Å². The monoisotopic (exact) mass is 262 g/mol. The lowest BCUT2D eigenvalue weighted by Gasteiger charge is -2.06. The highest BCUT2D eigenvalue weighted by Crippen LogP contribution is 2.17. The van der Waals surface area contributed by atoms with Crippen molar-refractivity contribution in [2.75, 3.05) is 5.32 Å². The van der Waals surface area contributed by atoms with Gasteiger partial charge in [-0.1, -0.05) is 12.1 Å². The number of halogens is 1. The normalized spacial score (nSPS) is 12.7. The van der Waals surface area contributed by atoms with Crippen LogP contribution in [0.5, 0.6) is 0 Å². The van der Waals surface area contributed by atoms with E-state index in [1.807, 2.05) is 18.3 Å². The van der Waals surface area contributed by atoms with Gasteiger partial charge in [-0.25, -0.2) is 9.97 Å². The number of benzene rings is 1. The molecule has 0 aliphatic carbocycles. The predicted octanol–water partition coefficient (Wildman–Crippen LogP) is 2.55. The molecule has 0 spiro atoms. The molecular formula is C13H15ClN4. The first kappa shape index (κ1) is 12.8. The lowest BCUT2D eigenvalue weighted by molar-refractivity contribution is 0.758. The number of rotatable bonds is 2. The van der Waals surface area contributed by atoms with Crippen LogP contribution in [0, 0.1) is 6.92 Å². The molecule has 1 aromatic carbocycles. The predicted molar refractivity (Wildman–Crippen MR) is 74.3 cm³/mol. The Morgan fingerprint density at radius 3 is 3.00 bits per heavy atom. The number of aromatic nitrogens is 2. The molecule has 0 bridgehead atoms. The van der Waals surface area contributed by atoms with Gasteiger partial charge in [-0.3, -0.25) is 0 Å². The molecular weight excluding hydrogens is 248 g/mol. The highest BCUT2D eigenvalue weighted by molar-refractivity contribution is 5.85. The number of hydrogen-bond donors (Lipinski definition) is 2. The molecule has 2 aromatic rings. The average Bonchev–Trinajstić information content (AvgIpc) is 2.76. The summed E-state index contributed by atoms with van der Waals surface area (Å²) in [5, 5.41) is 6.48. The van der Waals surface area contributed by atoms with Gasteiger partial charge in [0.1, 0.15) is 0 Å². The Morgan fingerprint density at radius 1 is 1.28 bits per heavy atom. The van der Waals surface area contributed by atoms with Crippen LogP contribution in [0.4, 0.5) is 11.6 Å². The van der Waals surface area contributed by atoms with Crippen LogP contribution in [0.2, 0.25) is 0 Å². The zero-order valence-electron chi connectivity index (χ0n) is 10.1. The van der Waals surface area contributed by atoms with Crippen LogP contribution in [0.1, 0.15) is 16.8 Å². The maximum atomic E-state index is 4.49. The molecule has 0 fully saturated rings. The van der Waals surface area contributed by atoms with E-state index >= 15 is 0 Å². The molecule has 0 unspecified atom stereocenters. The zero-order chi connectivity index (χ0) is 11.7. The second kappa shape index (κ2) is 5.33. The van der Waals surface area contributed by atoms with Gasteiger partial charge in [0.2, 0.25) is 5.95 Å². The summed E-state index contributed by atoms with van der Waals surface area (Å²) in [6.45, 7) is 3.78. The van der Waals surface area contributed by atoms with Crippen LogP contribution in [-0.4, -0.2) is 9.97 Å². The molecule has 1 aliphatic heterocycles. The van der Waals surface area contributed by atoms with Crippen LogP contribution in [-0.2, 0) is 13.1 Å². The molecule has 1 aromatic heterocycles.